The summed E-state index contributed by atoms with van der Waals surface area (Å²) in [5.74, 6) is 1.04. The van der Waals surface area contributed by atoms with Gasteiger partial charge in [-0.25, -0.2) is 0 Å². The molecular weight excluding hydrogens is 312 g/mol. The molecule has 2 heterocycles. The van der Waals surface area contributed by atoms with Gasteiger partial charge in [0.2, 0.25) is 0 Å². The minimum atomic E-state index is -0.0962. The summed E-state index contributed by atoms with van der Waals surface area (Å²) >= 11 is 3.29. The molecule has 1 aliphatic carbocycles. The van der Waals surface area contributed by atoms with E-state index in [4.69, 9.17) is 5.26 Å². The van der Waals surface area contributed by atoms with E-state index in [0.29, 0.717) is 6.04 Å². The van der Waals surface area contributed by atoms with Crippen molar-refractivity contribution in [3.63, 3.8) is 0 Å². The quantitative estimate of drug-likeness (QED) is 0.760. The number of aromatic nitrogens is 3. The lowest BCUT2D eigenvalue weighted by molar-refractivity contribution is 0.330. The molecule has 1 aliphatic rings. The fraction of sp³-hybridized carbons (Fsp3) is 0.562. The van der Waals surface area contributed by atoms with Crippen LogP contribution in [0, 0.1) is 11.3 Å². The lowest BCUT2D eigenvalue weighted by atomic mass is 9.95. The van der Waals surface area contributed by atoms with Gasteiger partial charge >= 0.3 is 0 Å². The van der Waals surface area contributed by atoms with Crippen LogP contribution in [0.1, 0.15) is 55.8 Å². The fourth-order valence-corrected chi connectivity index (χ4v) is 4.49. The number of rotatable bonds is 5. The van der Waals surface area contributed by atoms with E-state index in [1.54, 1.807) is 11.3 Å². The smallest absolute Gasteiger partial charge is 0.192 e. The fourth-order valence-electron chi connectivity index (χ4n) is 2.97. The number of hydrogen-bond donors (Lipinski definition) is 0. The first-order chi connectivity index (χ1) is 10.8. The molecule has 0 unspecified atom stereocenters. The van der Waals surface area contributed by atoms with Gasteiger partial charge in [-0.3, -0.25) is 0 Å². The van der Waals surface area contributed by atoms with E-state index < -0.39 is 0 Å². The van der Waals surface area contributed by atoms with E-state index in [1.165, 1.54) is 48.7 Å². The van der Waals surface area contributed by atoms with Crippen molar-refractivity contribution in [3.05, 3.63) is 28.2 Å². The lowest BCUT2D eigenvalue weighted by Gasteiger charge is -2.25. The average Bonchev–Trinajstić information content (AvgIpc) is 3.19. The zero-order chi connectivity index (χ0) is 15.4. The molecule has 0 aliphatic heterocycles. The largest absolute Gasteiger partial charge is 0.303 e. The zero-order valence-corrected chi connectivity index (χ0v) is 14.4. The maximum absolute atomic E-state index is 9.08. The molecule has 0 N–H and O–H groups in total. The van der Waals surface area contributed by atoms with Gasteiger partial charge in [0.15, 0.2) is 5.16 Å². The van der Waals surface area contributed by atoms with Gasteiger partial charge in [-0.15, -0.1) is 21.5 Å². The van der Waals surface area contributed by atoms with Gasteiger partial charge in [0.1, 0.15) is 5.82 Å². The Kier molecular flexibility index (Phi) is 5.16. The molecule has 0 radical (unpaired) electrons. The summed E-state index contributed by atoms with van der Waals surface area (Å²) in [6.07, 6.45) is 7.12. The SMILES string of the molecule is C[C@H](C#N)Sc1nnc(Cc2cccs2)n1C1CCCCC1. The highest BCUT2D eigenvalue weighted by Gasteiger charge is 2.24. The molecule has 116 valence electrons. The van der Waals surface area contributed by atoms with Crippen LogP contribution >= 0.6 is 23.1 Å². The second kappa shape index (κ2) is 7.30. The third kappa shape index (κ3) is 3.53. The summed E-state index contributed by atoms with van der Waals surface area (Å²) < 4.78 is 2.32. The summed E-state index contributed by atoms with van der Waals surface area (Å²) in [7, 11) is 0. The van der Waals surface area contributed by atoms with Crippen molar-refractivity contribution in [2.24, 2.45) is 0 Å². The molecule has 2 aromatic heterocycles. The molecule has 0 aromatic carbocycles. The second-order valence-corrected chi connectivity index (χ2v) is 8.05. The molecule has 3 rings (SSSR count). The van der Waals surface area contributed by atoms with E-state index in [1.807, 2.05) is 6.92 Å². The van der Waals surface area contributed by atoms with Gasteiger partial charge in [-0.05, 0) is 31.2 Å². The molecule has 1 saturated carbocycles. The Balaban J connectivity index is 1.89. The molecule has 22 heavy (non-hydrogen) atoms. The first-order valence-corrected chi connectivity index (χ1v) is 9.56. The Morgan fingerprint density at radius 3 is 2.91 bits per heavy atom. The summed E-state index contributed by atoms with van der Waals surface area (Å²) in [4.78, 5) is 1.31. The molecule has 0 bridgehead atoms. The van der Waals surface area contributed by atoms with Crippen molar-refractivity contribution in [2.75, 3.05) is 0 Å². The van der Waals surface area contributed by atoms with Crippen LogP contribution in [-0.2, 0) is 6.42 Å². The van der Waals surface area contributed by atoms with Crippen LogP contribution in [0.4, 0.5) is 0 Å². The molecule has 2 aromatic rings. The van der Waals surface area contributed by atoms with E-state index in [2.05, 4.69) is 38.3 Å². The Labute approximate surface area is 139 Å². The molecule has 0 spiro atoms. The Morgan fingerprint density at radius 1 is 1.41 bits per heavy atom. The van der Waals surface area contributed by atoms with Crippen LogP contribution in [0.15, 0.2) is 22.7 Å². The van der Waals surface area contributed by atoms with E-state index >= 15 is 0 Å². The Bertz CT molecular complexity index is 636. The van der Waals surface area contributed by atoms with Crippen molar-refractivity contribution in [3.8, 4) is 6.07 Å². The molecule has 0 saturated heterocycles. The molecule has 1 atom stereocenters. The van der Waals surface area contributed by atoms with Crippen molar-refractivity contribution in [1.82, 2.24) is 14.8 Å². The van der Waals surface area contributed by atoms with Gasteiger partial charge in [0, 0.05) is 17.3 Å². The minimum Gasteiger partial charge on any atom is -0.303 e. The Morgan fingerprint density at radius 2 is 2.23 bits per heavy atom. The molecule has 4 nitrogen and oxygen atoms in total. The maximum atomic E-state index is 9.08. The summed E-state index contributed by atoms with van der Waals surface area (Å²) in [6.45, 7) is 1.92. The highest BCUT2D eigenvalue weighted by molar-refractivity contribution is 8.00. The standard InChI is InChI=1S/C16H20N4S2/c1-12(11-17)22-16-19-18-15(10-14-8-5-9-21-14)20(16)13-6-3-2-4-7-13/h5,8-9,12-13H,2-4,6-7,10H2,1H3/t12-/m1/s1. The van der Waals surface area contributed by atoms with Crippen molar-refractivity contribution >= 4 is 23.1 Å². The summed E-state index contributed by atoms with van der Waals surface area (Å²) in [5.41, 5.74) is 0. The van der Waals surface area contributed by atoms with Crippen LogP contribution in [-0.4, -0.2) is 20.0 Å². The number of nitriles is 1. The van der Waals surface area contributed by atoms with Crippen LogP contribution in [0.3, 0.4) is 0 Å². The predicted octanol–water partition coefficient (Wildman–Crippen LogP) is 4.44. The third-order valence-corrected chi connectivity index (χ3v) is 5.88. The average molecular weight is 332 g/mol. The number of hydrogen-bond acceptors (Lipinski definition) is 5. The van der Waals surface area contributed by atoms with Gasteiger partial charge in [0.05, 0.1) is 11.3 Å². The second-order valence-electron chi connectivity index (χ2n) is 5.71. The number of nitrogens with zero attached hydrogens (tertiary/aromatic N) is 4. The van der Waals surface area contributed by atoms with E-state index in [9.17, 15) is 0 Å². The van der Waals surface area contributed by atoms with Crippen molar-refractivity contribution in [2.45, 2.75) is 61.9 Å². The van der Waals surface area contributed by atoms with Gasteiger partial charge in [0.25, 0.3) is 0 Å². The first-order valence-electron chi connectivity index (χ1n) is 7.80. The Hall–Kier alpha value is -1.32. The molecule has 1 fully saturated rings. The monoisotopic (exact) mass is 332 g/mol. The van der Waals surface area contributed by atoms with Crippen LogP contribution in [0.5, 0.6) is 0 Å². The highest BCUT2D eigenvalue weighted by Crippen LogP contribution is 2.34. The molecule has 0 amide bonds. The van der Waals surface area contributed by atoms with Crippen molar-refractivity contribution in [1.29, 1.82) is 5.26 Å². The molecule has 6 heteroatoms. The predicted molar refractivity (Wildman–Crippen MR) is 90.2 cm³/mol. The normalized spacial score (nSPS) is 17.3. The van der Waals surface area contributed by atoms with Crippen LogP contribution in [0.25, 0.3) is 0 Å². The topological polar surface area (TPSA) is 54.5 Å². The summed E-state index contributed by atoms with van der Waals surface area (Å²) in [5, 5.41) is 20.8. The van der Waals surface area contributed by atoms with Gasteiger partial charge in [-0.2, -0.15) is 5.26 Å². The first kappa shape index (κ1) is 15.6. The van der Waals surface area contributed by atoms with Crippen LogP contribution in [0.2, 0.25) is 0 Å². The number of thioether (sulfide) groups is 1. The zero-order valence-electron chi connectivity index (χ0n) is 12.7. The molecular formula is C16H20N4S2. The van der Waals surface area contributed by atoms with E-state index in [0.717, 1.165) is 17.4 Å². The maximum Gasteiger partial charge on any atom is 0.192 e. The number of thiophene rings is 1. The van der Waals surface area contributed by atoms with Crippen LogP contribution < -0.4 is 0 Å². The highest BCUT2D eigenvalue weighted by atomic mass is 32.2. The third-order valence-electron chi connectivity index (χ3n) is 4.05. The van der Waals surface area contributed by atoms with Gasteiger partial charge < -0.3 is 4.57 Å². The minimum absolute atomic E-state index is 0.0962. The lowest BCUT2D eigenvalue weighted by Crippen LogP contribution is -2.17. The van der Waals surface area contributed by atoms with E-state index in [-0.39, 0.29) is 5.25 Å². The van der Waals surface area contributed by atoms with Gasteiger partial charge in [-0.1, -0.05) is 37.1 Å². The van der Waals surface area contributed by atoms with Crippen molar-refractivity contribution < 1.29 is 0 Å². The summed E-state index contributed by atoms with van der Waals surface area (Å²) in [6, 6.07) is 7.00.